The van der Waals surface area contributed by atoms with E-state index in [4.69, 9.17) is 8.76 Å². The van der Waals surface area contributed by atoms with Crippen LogP contribution in [0.1, 0.15) is 11.1 Å². The number of benzene rings is 1. The number of rotatable bonds is 0. The van der Waals surface area contributed by atoms with E-state index in [0.717, 1.165) is 0 Å². The van der Waals surface area contributed by atoms with Crippen LogP contribution in [0, 0.1) is 13.8 Å². The van der Waals surface area contributed by atoms with Crippen LogP contribution in [0.25, 0.3) is 0 Å². The van der Waals surface area contributed by atoms with Crippen molar-refractivity contribution in [2.75, 3.05) is 0 Å². The molecule has 0 radical (unpaired) electrons. The summed E-state index contributed by atoms with van der Waals surface area (Å²) < 4.78 is 17.6. The molecule has 0 saturated carbocycles. The van der Waals surface area contributed by atoms with Gasteiger partial charge in [-0.25, -0.2) is 0 Å². The Balaban J connectivity index is 0. The highest BCUT2D eigenvalue weighted by Gasteiger charge is 1.83. The minimum Gasteiger partial charge on any atom is -0.760 e. The van der Waals surface area contributed by atoms with E-state index < -0.39 is 11.3 Å². The largest absolute Gasteiger partial charge is 0.760 e. The van der Waals surface area contributed by atoms with Gasteiger partial charge in [-0.3, -0.25) is 9.35 Å². The summed E-state index contributed by atoms with van der Waals surface area (Å²) in [6.07, 6.45) is 0. The zero-order chi connectivity index (χ0) is 9.56. The molecule has 2 N–H and O–H groups in total. The van der Waals surface area contributed by atoms with Crippen LogP contribution < -0.4 is 5.14 Å². The Hall–Kier alpha value is -0.420. The maximum absolute atomic E-state index is 8.78. The van der Waals surface area contributed by atoms with Crippen LogP contribution in [-0.2, 0) is 11.3 Å². The van der Waals surface area contributed by atoms with Crippen molar-refractivity contribution in [2.24, 2.45) is 5.14 Å². The molecule has 0 saturated heterocycles. The Morgan fingerprint density at radius 1 is 1.23 bits per heavy atom. The molecule has 5 heteroatoms. The standard InChI is InChI=1S/C8H10.ClH.H3NO2S/c1-7-5-3-4-6-8(7)2;;1-4(2)3/h3-6H,1-2H3;1H;1H2,(H,2,3)/p-1. The van der Waals surface area contributed by atoms with Crippen LogP contribution in [-0.4, -0.2) is 8.76 Å². The number of hydrogen-bond acceptors (Lipinski definition) is 2. The molecule has 76 valence electrons. The summed E-state index contributed by atoms with van der Waals surface area (Å²) >= 11 is -2.36. The third-order valence-electron chi connectivity index (χ3n) is 1.43. The number of hydrogen-bond donors (Lipinski definition) is 1. The van der Waals surface area contributed by atoms with E-state index >= 15 is 0 Å². The smallest absolute Gasteiger partial charge is 0.0152 e. The summed E-state index contributed by atoms with van der Waals surface area (Å²) in [5, 5.41) is 4.03. The minimum absolute atomic E-state index is 0. The quantitative estimate of drug-likeness (QED) is 0.676. The normalized spacial score (nSPS) is 10.5. The van der Waals surface area contributed by atoms with Gasteiger partial charge in [-0.15, -0.1) is 12.4 Å². The van der Waals surface area contributed by atoms with E-state index in [2.05, 4.69) is 43.3 Å². The molecule has 0 aromatic heterocycles. The second-order valence-corrected chi connectivity index (χ2v) is 2.87. The Morgan fingerprint density at radius 3 is 1.62 bits per heavy atom. The average molecular weight is 223 g/mol. The summed E-state index contributed by atoms with van der Waals surface area (Å²) in [5.74, 6) is 0. The SMILES string of the molecule is Cc1ccccc1C.Cl.NS(=O)[O-]. The second-order valence-electron chi connectivity index (χ2n) is 2.34. The number of halogens is 1. The lowest BCUT2D eigenvalue weighted by Crippen LogP contribution is -1.97. The maximum Gasteiger partial charge on any atom is 0.0152 e. The van der Waals surface area contributed by atoms with Crippen LogP contribution >= 0.6 is 12.4 Å². The maximum atomic E-state index is 8.78. The first kappa shape index (κ1) is 15.1. The predicted octanol–water partition coefficient (Wildman–Crippen LogP) is 1.46. The molecule has 0 heterocycles. The Kier molecular flexibility index (Phi) is 9.50. The highest BCUT2D eigenvalue weighted by atomic mass is 35.5. The van der Waals surface area contributed by atoms with E-state index in [-0.39, 0.29) is 12.4 Å². The predicted molar refractivity (Wildman–Crippen MR) is 56.3 cm³/mol. The lowest BCUT2D eigenvalue weighted by molar-refractivity contribution is 0.539. The van der Waals surface area contributed by atoms with Crippen molar-refractivity contribution < 1.29 is 8.76 Å². The van der Waals surface area contributed by atoms with Gasteiger partial charge in [-0.05, 0) is 25.0 Å². The molecule has 1 aromatic carbocycles. The van der Waals surface area contributed by atoms with Gasteiger partial charge in [0.1, 0.15) is 0 Å². The van der Waals surface area contributed by atoms with Crippen molar-refractivity contribution in [3.63, 3.8) is 0 Å². The molecule has 0 amide bonds. The molecule has 0 bridgehead atoms. The molecule has 0 aliphatic heterocycles. The average Bonchev–Trinajstić information content (AvgIpc) is 1.94. The summed E-state index contributed by atoms with van der Waals surface area (Å²) in [5.41, 5.74) is 2.74. The van der Waals surface area contributed by atoms with Gasteiger partial charge < -0.3 is 4.55 Å². The van der Waals surface area contributed by atoms with Crippen LogP contribution in [0.2, 0.25) is 0 Å². The molecule has 0 aliphatic carbocycles. The summed E-state index contributed by atoms with van der Waals surface area (Å²) in [4.78, 5) is 0. The van der Waals surface area contributed by atoms with Crippen molar-refractivity contribution >= 4 is 23.7 Å². The van der Waals surface area contributed by atoms with Crippen LogP contribution in [0.15, 0.2) is 24.3 Å². The summed E-state index contributed by atoms with van der Waals surface area (Å²) in [6, 6.07) is 8.36. The molecule has 0 fully saturated rings. The molecule has 0 aliphatic rings. The molecule has 3 nitrogen and oxygen atoms in total. The summed E-state index contributed by atoms with van der Waals surface area (Å²) in [6.45, 7) is 4.24. The van der Waals surface area contributed by atoms with Gasteiger partial charge in [-0.2, -0.15) is 0 Å². The van der Waals surface area contributed by atoms with Gasteiger partial charge in [0.15, 0.2) is 0 Å². The zero-order valence-electron chi connectivity index (χ0n) is 7.52. The van der Waals surface area contributed by atoms with Crippen molar-refractivity contribution in [2.45, 2.75) is 13.8 Å². The van der Waals surface area contributed by atoms with E-state index in [1.54, 1.807) is 0 Å². The monoisotopic (exact) mass is 222 g/mol. The fraction of sp³-hybridized carbons (Fsp3) is 0.250. The van der Waals surface area contributed by atoms with Crippen molar-refractivity contribution in [1.29, 1.82) is 0 Å². The molecular weight excluding hydrogens is 210 g/mol. The molecule has 1 unspecified atom stereocenters. The van der Waals surface area contributed by atoms with Crippen molar-refractivity contribution in [1.82, 2.24) is 0 Å². The van der Waals surface area contributed by atoms with Gasteiger partial charge in [0.25, 0.3) is 0 Å². The number of aryl methyl sites for hydroxylation is 2. The van der Waals surface area contributed by atoms with Gasteiger partial charge in [0, 0.05) is 11.3 Å². The first-order valence-corrected chi connectivity index (χ1v) is 4.53. The first-order chi connectivity index (χ1) is 5.54. The molecule has 1 atom stereocenters. The van der Waals surface area contributed by atoms with Gasteiger partial charge in [0.05, 0.1) is 0 Å². The van der Waals surface area contributed by atoms with Crippen LogP contribution in [0.5, 0.6) is 0 Å². The zero-order valence-corrected chi connectivity index (χ0v) is 9.15. The molecule has 0 spiro atoms. The minimum atomic E-state index is -2.36. The lowest BCUT2D eigenvalue weighted by Gasteiger charge is -1.93. The van der Waals surface area contributed by atoms with Crippen molar-refractivity contribution in [3.8, 4) is 0 Å². The summed E-state index contributed by atoms with van der Waals surface area (Å²) in [7, 11) is 0. The topological polar surface area (TPSA) is 66.2 Å². The van der Waals surface area contributed by atoms with Gasteiger partial charge >= 0.3 is 0 Å². The van der Waals surface area contributed by atoms with Crippen molar-refractivity contribution in [3.05, 3.63) is 35.4 Å². The highest BCUT2D eigenvalue weighted by Crippen LogP contribution is 2.02. The fourth-order valence-corrected chi connectivity index (χ4v) is 0.663. The molecule has 1 aromatic rings. The third kappa shape index (κ3) is 9.49. The first-order valence-electron chi connectivity index (χ1n) is 3.40. The highest BCUT2D eigenvalue weighted by molar-refractivity contribution is 7.76. The Labute approximate surface area is 87.2 Å². The molecular formula is C8H13ClNO2S-. The van der Waals surface area contributed by atoms with E-state index in [9.17, 15) is 0 Å². The molecule has 13 heavy (non-hydrogen) atoms. The third-order valence-corrected chi connectivity index (χ3v) is 1.43. The van der Waals surface area contributed by atoms with Gasteiger partial charge in [-0.1, -0.05) is 24.3 Å². The lowest BCUT2D eigenvalue weighted by atomic mass is 10.1. The van der Waals surface area contributed by atoms with E-state index in [1.807, 2.05) is 0 Å². The Morgan fingerprint density at radius 2 is 1.46 bits per heavy atom. The van der Waals surface area contributed by atoms with E-state index in [1.165, 1.54) is 11.1 Å². The van der Waals surface area contributed by atoms with Crippen LogP contribution in [0.4, 0.5) is 0 Å². The second kappa shape index (κ2) is 8.19. The Bertz CT molecular complexity index is 243. The van der Waals surface area contributed by atoms with Gasteiger partial charge in [0.2, 0.25) is 0 Å². The van der Waals surface area contributed by atoms with Crippen LogP contribution in [0.3, 0.4) is 0 Å². The van der Waals surface area contributed by atoms with E-state index in [0.29, 0.717) is 0 Å². The fourth-order valence-electron chi connectivity index (χ4n) is 0.663. The number of nitrogens with two attached hydrogens (primary N) is 1. The molecule has 1 rings (SSSR count).